The molecule has 7 heteroatoms. The van der Waals surface area contributed by atoms with E-state index in [9.17, 15) is 14.0 Å². The van der Waals surface area contributed by atoms with Gasteiger partial charge in [-0.05, 0) is 49.7 Å². The molecule has 1 unspecified atom stereocenters. The standard InChI is InChI=1S/C29H38FN3O3/c1-4-5-6-7-8-9-10-15-27(34)32(20-21-36-3)22(2)28-31-26-14-12-11-13-25(26)29(35)33(28)24-18-16-23(30)17-19-24/h11-14,16-19,22H,4-10,15,20-21H2,1-3H3. The molecular weight excluding hydrogens is 457 g/mol. The zero-order valence-corrected chi connectivity index (χ0v) is 21.7. The van der Waals surface area contributed by atoms with Crippen molar-refractivity contribution in [3.63, 3.8) is 0 Å². The maximum absolute atomic E-state index is 13.7. The molecule has 0 aliphatic rings. The minimum absolute atomic E-state index is 0.0150. The Balaban J connectivity index is 1.91. The van der Waals surface area contributed by atoms with Gasteiger partial charge in [0, 0.05) is 20.1 Å². The molecule has 2 aromatic carbocycles. The van der Waals surface area contributed by atoms with Crippen molar-refractivity contribution >= 4 is 16.8 Å². The number of carbonyl (C=O) groups excluding carboxylic acids is 1. The topological polar surface area (TPSA) is 64.4 Å². The van der Waals surface area contributed by atoms with Crippen molar-refractivity contribution in [2.24, 2.45) is 0 Å². The Hall–Kier alpha value is -3.06. The molecule has 0 radical (unpaired) electrons. The van der Waals surface area contributed by atoms with Gasteiger partial charge in [0.1, 0.15) is 11.6 Å². The number of hydrogen-bond acceptors (Lipinski definition) is 4. The lowest BCUT2D eigenvalue weighted by Crippen LogP contribution is -2.39. The first kappa shape index (κ1) is 27.5. The van der Waals surface area contributed by atoms with E-state index in [4.69, 9.17) is 9.72 Å². The van der Waals surface area contributed by atoms with Crippen LogP contribution < -0.4 is 5.56 Å². The molecule has 36 heavy (non-hydrogen) atoms. The Morgan fingerprint density at radius 1 is 1.03 bits per heavy atom. The summed E-state index contributed by atoms with van der Waals surface area (Å²) >= 11 is 0. The molecule has 0 aliphatic heterocycles. The highest BCUT2D eigenvalue weighted by molar-refractivity contribution is 5.79. The van der Waals surface area contributed by atoms with Gasteiger partial charge >= 0.3 is 0 Å². The maximum Gasteiger partial charge on any atom is 0.266 e. The van der Waals surface area contributed by atoms with Gasteiger partial charge in [-0.25, -0.2) is 9.37 Å². The molecule has 0 saturated carbocycles. The molecule has 0 spiro atoms. The van der Waals surface area contributed by atoms with Gasteiger partial charge in [0.2, 0.25) is 5.91 Å². The number of aromatic nitrogens is 2. The number of carbonyl (C=O) groups is 1. The van der Waals surface area contributed by atoms with E-state index in [1.165, 1.54) is 42.4 Å². The summed E-state index contributed by atoms with van der Waals surface area (Å²) in [6.45, 7) is 4.85. The molecule has 0 bridgehead atoms. The van der Waals surface area contributed by atoms with Crippen LogP contribution in [0.15, 0.2) is 53.3 Å². The maximum atomic E-state index is 13.7. The van der Waals surface area contributed by atoms with Crippen molar-refractivity contribution in [3.8, 4) is 5.69 Å². The number of ether oxygens (including phenoxy) is 1. The van der Waals surface area contributed by atoms with Crippen LogP contribution in [0.3, 0.4) is 0 Å². The molecule has 0 N–H and O–H groups in total. The van der Waals surface area contributed by atoms with E-state index in [0.717, 1.165) is 19.3 Å². The highest BCUT2D eigenvalue weighted by Crippen LogP contribution is 2.24. The second-order valence-corrected chi connectivity index (χ2v) is 9.23. The summed E-state index contributed by atoms with van der Waals surface area (Å²) in [6, 6.07) is 12.4. The summed E-state index contributed by atoms with van der Waals surface area (Å²) in [4.78, 5) is 33.5. The predicted octanol–water partition coefficient (Wildman–Crippen LogP) is 6.20. The summed E-state index contributed by atoms with van der Waals surface area (Å²) in [5, 5.41) is 0.468. The third-order valence-corrected chi connectivity index (χ3v) is 6.58. The van der Waals surface area contributed by atoms with E-state index < -0.39 is 6.04 Å². The lowest BCUT2D eigenvalue weighted by Gasteiger charge is -2.30. The molecule has 1 heterocycles. The Morgan fingerprint density at radius 2 is 1.69 bits per heavy atom. The molecule has 1 aromatic heterocycles. The third kappa shape index (κ3) is 7.00. The fraction of sp³-hybridized carbons (Fsp3) is 0.483. The minimum atomic E-state index is -0.487. The van der Waals surface area contributed by atoms with Crippen LogP contribution in [0.2, 0.25) is 0 Å². The number of para-hydroxylation sites is 1. The number of halogens is 1. The zero-order chi connectivity index (χ0) is 25.9. The quantitative estimate of drug-likeness (QED) is 0.250. The van der Waals surface area contributed by atoms with E-state index in [1.54, 1.807) is 42.3 Å². The summed E-state index contributed by atoms with van der Waals surface area (Å²) in [7, 11) is 1.60. The van der Waals surface area contributed by atoms with E-state index >= 15 is 0 Å². The van der Waals surface area contributed by atoms with Crippen LogP contribution >= 0.6 is 0 Å². The zero-order valence-electron chi connectivity index (χ0n) is 21.7. The Morgan fingerprint density at radius 3 is 2.39 bits per heavy atom. The number of nitrogens with zero attached hydrogens (tertiary/aromatic N) is 3. The van der Waals surface area contributed by atoms with Crippen LogP contribution in [-0.2, 0) is 9.53 Å². The van der Waals surface area contributed by atoms with Crippen LogP contribution in [0.4, 0.5) is 4.39 Å². The number of methoxy groups -OCH3 is 1. The van der Waals surface area contributed by atoms with Gasteiger partial charge in [0.15, 0.2) is 0 Å². The van der Waals surface area contributed by atoms with Gasteiger partial charge in [-0.15, -0.1) is 0 Å². The smallest absolute Gasteiger partial charge is 0.266 e. The minimum Gasteiger partial charge on any atom is -0.383 e. The number of rotatable bonds is 14. The molecule has 1 atom stereocenters. The van der Waals surface area contributed by atoms with Gasteiger partial charge in [0.25, 0.3) is 5.56 Å². The number of amides is 1. The number of unbranched alkanes of at least 4 members (excludes halogenated alkanes) is 6. The number of fused-ring (bicyclic) bond motifs is 1. The van der Waals surface area contributed by atoms with E-state index in [1.807, 2.05) is 13.0 Å². The first-order chi connectivity index (χ1) is 17.5. The number of benzene rings is 2. The molecule has 3 rings (SSSR count). The fourth-order valence-corrected chi connectivity index (χ4v) is 4.51. The van der Waals surface area contributed by atoms with Crippen molar-refractivity contribution in [1.29, 1.82) is 0 Å². The van der Waals surface area contributed by atoms with Gasteiger partial charge < -0.3 is 9.64 Å². The highest BCUT2D eigenvalue weighted by Gasteiger charge is 2.26. The molecule has 0 fully saturated rings. The van der Waals surface area contributed by atoms with Gasteiger partial charge in [-0.2, -0.15) is 0 Å². The molecule has 6 nitrogen and oxygen atoms in total. The molecule has 194 valence electrons. The normalized spacial score (nSPS) is 12.1. The van der Waals surface area contributed by atoms with Gasteiger partial charge in [-0.1, -0.05) is 57.6 Å². The average Bonchev–Trinajstić information content (AvgIpc) is 2.89. The van der Waals surface area contributed by atoms with Crippen LogP contribution in [0.1, 0.15) is 77.1 Å². The highest BCUT2D eigenvalue weighted by atomic mass is 19.1. The van der Waals surface area contributed by atoms with Crippen molar-refractivity contribution in [2.45, 2.75) is 71.3 Å². The van der Waals surface area contributed by atoms with Gasteiger partial charge in [0.05, 0.1) is 29.2 Å². The van der Waals surface area contributed by atoms with E-state index in [-0.39, 0.29) is 17.3 Å². The first-order valence-corrected chi connectivity index (χ1v) is 13.0. The predicted molar refractivity (Wildman–Crippen MR) is 142 cm³/mol. The fourth-order valence-electron chi connectivity index (χ4n) is 4.51. The molecule has 0 saturated heterocycles. The van der Waals surface area contributed by atoms with Crippen LogP contribution in [0.5, 0.6) is 0 Å². The molecule has 1 amide bonds. The third-order valence-electron chi connectivity index (χ3n) is 6.58. The van der Waals surface area contributed by atoms with E-state index in [2.05, 4.69) is 6.92 Å². The van der Waals surface area contributed by atoms with Crippen LogP contribution in [0, 0.1) is 5.82 Å². The summed E-state index contributed by atoms with van der Waals surface area (Å²) in [5.41, 5.74) is 0.821. The summed E-state index contributed by atoms with van der Waals surface area (Å²) in [5.74, 6) is 0.0669. The lowest BCUT2D eigenvalue weighted by molar-refractivity contribution is -0.134. The van der Waals surface area contributed by atoms with Gasteiger partial charge in [-0.3, -0.25) is 14.2 Å². The summed E-state index contributed by atoms with van der Waals surface area (Å²) < 4.78 is 20.4. The summed E-state index contributed by atoms with van der Waals surface area (Å²) in [6.07, 6.45) is 8.36. The SMILES string of the molecule is CCCCCCCCCC(=O)N(CCOC)C(C)c1nc2ccccc2c(=O)n1-c1ccc(F)cc1. The second kappa shape index (κ2) is 13.9. The van der Waals surface area contributed by atoms with Crippen molar-refractivity contribution in [1.82, 2.24) is 14.5 Å². The van der Waals surface area contributed by atoms with Crippen molar-refractivity contribution in [2.75, 3.05) is 20.3 Å². The second-order valence-electron chi connectivity index (χ2n) is 9.23. The number of hydrogen-bond donors (Lipinski definition) is 0. The Kier molecular flexibility index (Phi) is 10.6. The van der Waals surface area contributed by atoms with Crippen molar-refractivity contribution in [3.05, 3.63) is 70.5 Å². The molecule has 0 aliphatic carbocycles. The lowest BCUT2D eigenvalue weighted by atomic mass is 10.1. The molecule has 3 aromatic rings. The monoisotopic (exact) mass is 495 g/mol. The Bertz CT molecular complexity index is 1180. The van der Waals surface area contributed by atoms with E-state index in [0.29, 0.717) is 42.0 Å². The van der Waals surface area contributed by atoms with Crippen LogP contribution in [0.25, 0.3) is 16.6 Å². The molecular formula is C29H38FN3O3. The Labute approximate surface area is 213 Å². The first-order valence-electron chi connectivity index (χ1n) is 13.0. The van der Waals surface area contributed by atoms with Crippen molar-refractivity contribution < 1.29 is 13.9 Å². The largest absolute Gasteiger partial charge is 0.383 e. The van der Waals surface area contributed by atoms with Crippen LogP contribution in [-0.4, -0.2) is 40.6 Å². The average molecular weight is 496 g/mol.